The minimum absolute atomic E-state index is 0.0718. The van der Waals surface area contributed by atoms with Crippen LogP contribution in [-0.4, -0.2) is 38.1 Å². The lowest BCUT2D eigenvalue weighted by Gasteiger charge is -2.23. The molecule has 2 aromatic carbocycles. The molecule has 0 bridgehead atoms. The Morgan fingerprint density at radius 3 is 2.75 bits per heavy atom. The van der Waals surface area contributed by atoms with Gasteiger partial charge in [-0.2, -0.15) is 0 Å². The predicted octanol–water partition coefficient (Wildman–Crippen LogP) is 3.96. The fraction of sp³-hybridized carbons (Fsp3) is 0.250. The number of carbonyl (C=O) groups excluding carboxylic acids is 1. The Labute approximate surface area is 172 Å². The number of hydrogen-bond donors (Lipinski definition) is 0. The maximum absolute atomic E-state index is 14.1. The molecule has 148 valence electrons. The lowest BCUT2D eigenvalue weighted by atomic mass is 10.1. The van der Waals surface area contributed by atoms with Gasteiger partial charge in [-0.3, -0.25) is 9.10 Å². The van der Waals surface area contributed by atoms with Gasteiger partial charge in [0.05, 0.1) is 11.4 Å². The molecule has 28 heavy (non-hydrogen) atoms. The molecule has 1 fully saturated rings. The molecular formula is C20H20BrFN2O3S. The maximum Gasteiger partial charge on any atom is 0.254 e. The molecule has 0 aromatic heterocycles. The zero-order chi connectivity index (χ0) is 20.3. The van der Waals surface area contributed by atoms with Gasteiger partial charge in [-0.25, -0.2) is 12.8 Å². The van der Waals surface area contributed by atoms with Crippen molar-refractivity contribution in [2.45, 2.75) is 13.0 Å². The van der Waals surface area contributed by atoms with Gasteiger partial charge in [0.2, 0.25) is 10.0 Å². The van der Waals surface area contributed by atoms with Gasteiger partial charge >= 0.3 is 0 Å². The highest BCUT2D eigenvalue weighted by molar-refractivity contribution is 9.10. The minimum Gasteiger partial charge on any atom is -0.330 e. The van der Waals surface area contributed by atoms with Gasteiger partial charge in [0.25, 0.3) is 5.91 Å². The van der Waals surface area contributed by atoms with Crippen molar-refractivity contribution >= 4 is 37.5 Å². The van der Waals surface area contributed by atoms with Crippen LogP contribution >= 0.6 is 15.9 Å². The van der Waals surface area contributed by atoms with Gasteiger partial charge in [0, 0.05) is 35.2 Å². The van der Waals surface area contributed by atoms with Gasteiger partial charge in [0.15, 0.2) is 0 Å². The minimum atomic E-state index is -3.33. The molecule has 0 aliphatic carbocycles. The zero-order valence-electron chi connectivity index (χ0n) is 15.1. The number of nitrogens with zero attached hydrogens (tertiary/aromatic N) is 2. The molecule has 8 heteroatoms. The van der Waals surface area contributed by atoms with E-state index in [0.29, 0.717) is 29.8 Å². The van der Waals surface area contributed by atoms with E-state index in [1.54, 1.807) is 42.5 Å². The molecule has 0 saturated carbocycles. The molecule has 0 N–H and O–H groups in total. The molecule has 1 saturated heterocycles. The first-order chi connectivity index (χ1) is 13.3. The summed E-state index contributed by atoms with van der Waals surface area (Å²) in [4.78, 5) is 14.5. The third-order valence-corrected chi connectivity index (χ3v) is 6.85. The van der Waals surface area contributed by atoms with Crippen molar-refractivity contribution in [2.24, 2.45) is 0 Å². The molecule has 0 atom stereocenters. The van der Waals surface area contributed by atoms with E-state index in [2.05, 4.69) is 22.5 Å². The SMILES string of the molecule is C=CCN(Cc1cc(Br)ccc1F)C(=O)c1cccc(N2CCCS2(=O)=O)c1. The van der Waals surface area contributed by atoms with Crippen molar-refractivity contribution < 1.29 is 17.6 Å². The molecule has 0 unspecified atom stereocenters. The van der Waals surface area contributed by atoms with Crippen LogP contribution in [0.2, 0.25) is 0 Å². The molecule has 1 amide bonds. The Kier molecular flexibility index (Phi) is 6.20. The first-order valence-electron chi connectivity index (χ1n) is 8.76. The van der Waals surface area contributed by atoms with Crippen molar-refractivity contribution in [3.05, 3.63) is 76.5 Å². The number of halogens is 2. The molecule has 2 aromatic rings. The lowest BCUT2D eigenvalue weighted by molar-refractivity contribution is 0.0761. The molecule has 1 aliphatic rings. The summed E-state index contributed by atoms with van der Waals surface area (Å²) in [6.07, 6.45) is 2.13. The summed E-state index contributed by atoms with van der Waals surface area (Å²) in [5.74, 6) is -0.615. The zero-order valence-corrected chi connectivity index (χ0v) is 17.5. The van der Waals surface area contributed by atoms with E-state index in [4.69, 9.17) is 0 Å². The number of rotatable bonds is 6. The van der Waals surface area contributed by atoms with Crippen LogP contribution in [0.5, 0.6) is 0 Å². The summed E-state index contributed by atoms with van der Waals surface area (Å²) in [5, 5.41) is 0. The van der Waals surface area contributed by atoms with Crippen molar-refractivity contribution in [3.63, 3.8) is 0 Å². The first-order valence-corrected chi connectivity index (χ1v) is 11.2. The highest BCUT2D eigenvalue weighted by atomic mass is 79.9. The number of sulfonamides is 1. The van der Waals surface area contributed by atoms with E-state index in [1.807, 2.05) is 0 Å². The summed E-state index contributed by atoms with van der Waals surface area (Å²) in [6.45, 7) is 4.38. The third-order valence-electron chi connectivity index (χ3n) is 4.49. The van der Waals surface area contributed by atoms with Crippen LogP contribution in [0.25, 0.3) is 0 Å². The molecule has 1 heterocycles. The molecular weight excluding hydrogens is 447 g/mol. The number of amides is 1. The molecule has 3 rings (SSSR count). The van der Waals surface area contributed by atoms with E-state index in [1.165, 1.54) is 15.3 Å². The summed E-state index contributed by atoms with van der Waals surface area (Å²) in [6, 6.07) is 11.1. The quantitative estimate of drug-likeness (QED) is 0.605. The van der Waals surface area contributed by atoms with E-state index in [0.717, 1.165) is 4.47 Å². The highest BCUT2D eigenvalue weighted by Gasteiger charge is 2.29. The van der Waals surface area contributed by atoms with Crippen molar-refractivity contribution in [1.82, 2.24) is 4.90 Å². The second kappa shape index (κ2) is 8.45. The number of hydrogen-bond acceptors (Lipinski definition) is 3. The van der Waals surface area contributed by atoms with Gasteiger partial charge < -0.3 is 4.90 Å². The Bertz CT molecular complexity index is 1010. The van der Waals surface area contributed by atoms with Gasteiger partial charge in [-0.1, -0.05) is 28.1 Å². The van der Waals surface area contributed by atoms with E-state index in [9.17, 15) is 17.6 Å². The average molecular weight is 467 g/mol. The van der Waals surface area contributed by atoms with Crippen LogP contribution in [0.15, 0.2) is 59.6 Å². The summed E-state index contributed by atoms with van der Waals surface area (Å²) >= 11 is 3.31. The fourth-order valence-corrected chi connectivity index (χ4v) is 5.12. The van der Waals surface area contributed by atoms with Crippen LogP contribution in [0.4, 0.5) is 10.1 Å². The van der Waals surface area contributed by atoms with Crippen molar-refractivity contribution in [1.29, 1.82) is 0 Å². The van der Waals surface area contributed by atoms with Gasteiger partial charge in [-0.05, 0) is 42.8 Å². The van der Waals surface area contributed by atoms with Crippen LogP contribution in [0.3, 0.4) is 0 Å². The Morgan fingerprint density at radius 2 is 2.07 bits per heavy atom. The van der Waals surface area contributed by atoms with E-state index < -0.39 is 15.8 Å². The Morgan fingerprint density at radius 1 is 1.29 bits per heavy atom. The molecule has 5 nitrogen and oxygen atoms in total. The monoisotopic (exact) mass is 466 g/mol. The van der Waals surface area contributed by atoms with Gasteiger partial charge in [0.1, 0.15) is 5.82 Å². The fourth-order valence-electron chi connectivity index (χ4n) is 3.15. The summed E-state index contributed by atoms with van der Waals surface area (Å²) in [7, 11) is -3.33. The smallest absolute Gasteiger partial charge is 0.254 e. The lowest BCUT2D eigenvalue weighted by Crippen LogP contribution is -2.31. The van der Waals surface area contributed by atoms with Gasteiger partial charge in [-0.15, -0.1) is 6.58 Å². The van der Waals surface area contributed by atoms with Crippen molar-refractivity contribution in [2.75, 3.05) is 23.1 Å². The van der Waals surface area contributed by atoms with Crippen LogP contribution in [-0.2, 0) is 16.6 Å². The third kappa shape index (κ3) is 4.44. The second-order valence-electron chi connectivity index (χ2n) is 6.50. The largest absolute Gasteiger partial charge is 0.330 e. The number of anilines is 1. The van der Waals surface area contributed by atoms with E-state index in [-0.39, 0.29) is 24.7 Å². The first kappa shape index (κ1) is 20.5. The highest BCUT2D eigenvalue weighted by Crippen LogP contribution is 2.26. The van der Waals surface area contributed by atoms with Crippen LogP contribution in [0.1, 0.15) is 22.3 Å². The van der Waals surface area contributed by atoms with Crippen molar-refractivity contribution in [3.8, 4) is 0 Å². The van der Waals surface area contributed by atoms with Crippen LogP contribution < -0.4 is 4.31 Å². The predicted molar refractivity (Wildman–Crippen MR) is 111 cm³/mol. The second-order valence-corrected chi connectivity index (χ2v) is 9.43. The standard InChI is InChI=1S/C20H20BrFN2O3S/c1-2-9-23(14-16-12-17(21)7-8-19(16)22)20(25)15-5-3-6-18(13-15)24-10-4-11-28(24,26)27/h2-3,5-8,12-13H,1,4,9-11,14H2. The molecule has 0 spiro atoms. The van der Waals surface area contributed by atoms with E-state index >= 15 is 0 Å². The number of carbonyl (C=O) groups is 1. The number of benzene rings is 2. The maximum atomic E-state index is 14.1. The normalized spacial score (nSPS) is 15.4. The summed E-state index contributed by atoms with van der Waals surface area (Å²) < 4.78 is 40.5. The molecule has 1 aliphatic heterocycles. The average Bonchev–Trinajstić information content (AvgIpc) is 3.03. The summed E-state index contributed by atoms with van der Waals surface area (Å²) in [5.41, 5.74) is 1.19. The Hall–Kier alpha value is -2.19. The van der Waals surface area contributed by atoms with Crippen LogP contribution in [0, 0.1) is 5.82 Å². The topological polar surface area (TPSA) is 57.7 Å². The molecule has 0 radical (unpaired) electrons. The Balaban J connectivity index is 1.88.